The molecule has 0 radical (unpaired) electrons. The monoisotopic (exact) mass is 706 g/mol. The first-order valence-electron chi connectivity index (χ1n) is 13.0. The molecule has 0 aliphatic carbocycles. The summed E-state index contributed by atoms with van der Waals surface area (Å²) < 4.78 is 85.4. The summed E-state index contributed by atoms with van der Waals surface area (Å²) in [5.41, 5.74) is -1.69. The number of aliphatic hydroxyl groups excluding tert-OH is 2. The largest absolute Gasteiger partial charge is 0.435 e. The molecule has 1 aliphatic heterocycles. The molecule has 236 valence electrons. The van der Waals surface area contributed by atoms with Gasteiger partial charge in [0, 0.05) is 28.9 Å². The van der Waals surface area contributed by atoms with E-state index in [4.69, 9.17) is 21.1 Å². The van der Waals surface area contributed by atoms with Crippen molar-refractivity contribution in [3.8, 4) is 16.8 Å². The van der Waals surface area contributed by atoms with E-state index in [0.717, 1.165) is 4.68 Å². The molecular formula is C27H25BrClF5N6O4. The molecule has 4 unspecified atom stereocenters. The summed E-state index contributed by atoms with van der Waals surface area (Å²) >= 11 is 8.90. The predicted molar refractivity (Wildman–Crippen MR) is 149 cm³/mol. The van der Waals surface area contributed by atoms with Gasteiger partial charge in [0.25, 0.3) is 0 Å². The molecular weight excluding hydrogens is 683 g/mol. The number of aryl methyl sites for hydroxylation is 2. The fraction of sp³-hybridized carbons (Fsp3) is 0.407. The quantitative estimate of drug-likeness (QED) is 0.205. The molecule has 3 aromatic heterocycles. The minimum absolute atomic E-state index is 0.0567. The van der Waals surface area contributed by atoms with Crippen LogP contribution in [0, 0.1) is 25.5 Å². The number of hydrogen-bond acceptors (Lipinski definition) is 8. The van der Waals surface area contributed by atoms with Crippen molar-refractivity contribution in [3.63, 3.8) is 0 Å². The highest BCUT2D eigenvalue weighted by Crippen LogP contribution is 2.42. The van der Waals surface area contributed by atoms with Crippen LogP contribution < -0.4 is 0 Å². The van der Waals surface area contributed by atoms with Crippen LogP contribution >= 0.6 is 27.5 Å². The highest BCUT2D eigenvalue weighted by Gasteiger charge is 2.51. The number of pyridine rings is 1. The molecule has 4 aromatic rings. The lowest BCUT2D eigenvalue weighted by Crippen LogP contribution is -2.56. The Bertz CT molecular complexity index is 1700. The van der Waals surface area contributed by atoms with Crippen molar-refractivity contribution in [2.75, 3.05) is 7.11 Å². The normalized spacial score (nSPS) is 23.2. The van der Waals surface area contributed by atoms with E-state index < -0.39 is 70.8 Å². The topological polar surface area (TPSA) is 120 Å². The molecule has 1 aromatic carbocycles. The number of nitrogens with zero attached hydrogens (tertiary/aromatic N) is 6. The standard InChI is InChI=1S/C27H25BrClF5N6O4/c1-10-15(28)7-17(25(36-10)27(32,33)34)40-26(37-12(3)38-40)24-21(42)20(23(43-4)22(44-24)11(2)41)39-9-13(8-35-39)14-5-6-16(29)19(31)18(14)30/h5-9,11,20-24,41-42H,1-4H3/t11?,20?,21?,22?,23-,24-/m1/s1. The molecule has 0 amide bonds. The van der Waals surface area contributed by atoms with Crippen LogP contribution in [0.3, 0.4) is 0 Å². The van der Waals surface area contributed by atoms with Crippen molar-refractivity contribution in [2.45, 2.75) is 63.5 Å². The van der Waals surface area contributed by atoms with E-state index in [2.05, 4.69) is 36.1 Å². The molecule has 0 saturated carbocycles. The Balaban J connectivity index is 1.64. The van der Waals surface area contributed by atoms with Crippen molar-refractivity contribution in [1.29, 1.82) is 0 Å². The minimum atomic E-state index is -4.88. The number of alkyl halides is 3. The number of benzene rings is 1. The summed E-state index contributed by atoms with van der Waals surface area (Å²) in [6, 6.07) is 2.45. The van der Waals surface area contributed by atoms with Crippen LogP contribution in [0.1, 0.15) is 42.1 Å². The van der Waals surface area contributed by atoms with Crippen molar-refractivity contribution < 1.29 is 41.6 Å². The molecule has 1 aliphatic rings. The van der Waals surface area contributed by atoms with Gasteiger partial charge >= 0.3 is 6.18 Å². The van der Waals surface area contributed by atoms with Gasteiger partial charge in [-0.1, -0.05) is 11.6 Å². The van der Waals surface area contributed by atoms with E-state index in [1.165, 1.54) is 63.2 Å². The van der Waals surface area contributed by atoms with Gasteiger partial charge in [0.2, 0.25) is 0 Å². The third-order valence-electron chi connectivity index (χ3n) is 7.25. The molecule has 1 saturated heterocycles. The lowest BCUT2D eigenvalue weighted by Gasteiger charge is -2.45. The number of aromatic nitrogens is 6. The SMILES string of the molecule is CO[C@H]1C(C(C)O)O[C@@H](c2nc(C)nn2-c2cc(Br)c(C)nc2C(F)(F)F)C(O)C1n1cc(-c2ccc(Cl)c(F)c2F)cn1. The molecule has 0 bridgehead atoms. The maximum absolute atomic E-state index is 14.7. The van der Waals surface area contributed by atoms with Gasteiger partial charge in [0.1, 0.15) is 36.3 Å². The second-order valence-electron chi connectivity index (χ2n) is 10.2. The number of rotatable bonds is 6. The summed E-state index contributed by atoms with van der Waals surface area (Å²) in [5, 5.41) is 30.4. The highest BCUT2D eigenvalue weighted by atomic mass is 79.9. The third-order valence-corrected chi connectivity index (χ3v) is 8.34. The van der Waals surface area contributed by atoms with Crippen LogP contribution in [0.25, 0.3) is 16.8 Å². The van der Waals surface area contributed by atoms with Gasteiger partial charge in [-0.25, -0.2) is 23.4 Å². The predicted octanol–water partition coefficient (Wildman–Crippen LogP) is 5.29. The fourth-order valence-corrected chi connectivity index (χ4v) is 5.65. The Morgan fingerprint density at radius 3 is 2.50 bits per heavy atom. The van der Waals surface area contributed by atoms with E-state index in [9.17, 15) is 32.2 Å². The molecule has 2 N–H and O–H groups in total. The van der Waals surface area contributed by atoms with Crippen molar-refractivity contribution in [1.82, 2.24) is 29.5 Å². The maximum Gasteiger partial charge on any atom is 0.435 e. The molecule has 1 fully saturated rings. The van der Waals surface area contributed by atoms with E-state index in [1.807, 2.05) is 0 Å². The molecule has 4 heterocycles. The van der Waals surface area contributed by atoms with Crippen LogP contribution in [0.15, 0.2) is 35.1 Å². The Morgan fingerprint density at radius 1 is 1.16 bits per heavy atom. The van der Waals surface area contributed by atoms with Crippen LogP contribution in [-0.2, 0) is 15.7 Å². The maximum atomic E-state index is 14.7. The van der Waals surface area contributed by atoms with E-state index >= 15 is 0 Å². The first-order chi connectivity index (χ1) is 20.6. The van der Waals surface area contributed by atoms with Crippen molar-refractivity contribution >= 4 is 27.5 Å². The van der Waals surface area contributed by atoms with Gasteiger partial charge < -0.3 is 19.7 Å². The summed E-state index contributed by atoms with van der Waals surface area (Å²) in [6.07, 6.45) is -8.87. The number of ether oxygens (including phenoxy) is 2. The molecule has 10 nitrogen and oxygen atoms in total. The fourth-order valence-electron chi connectivity index (χ4n) is 5.20. The number of halogens is 7. The zero-order chi connectivity index (χ0) is 32.2. The summed E-state index contributed by atoms with van der Waals surface area (Å²) in [5.74, 6) is -2.63. The molecule has 44 heavy (non-hydrogen) atoms. The average Bonchev–Trinajstić information content (AvgIpc) is 3.58. The zero-order valence-corrected chi connectivity index (χ0v) is 25.7. The summed E-state index contributed by atoms with van der Waals surface area (Å²) in [7, 11) is 1.31. The second kappa shape index (κ2) is 12.1. The van der Waals surface area contributed by atoms with E-state index in [-0.39, 0.29) is 32.9 Å². The smallest absolute Gasteiger partial charge is 0.391 e. The van der Waals surface area contributed by atoms with Gasteiger partial charge in [0.15, 0.2) is 23.2 Å². The van der Waals surface area contributed by atoms with Crippen LogP contribution in [-0.4, -0.2) is 71.3 Å². The van der Waals surface area contributed by atoms with Crippen LogP contribution in [0.4, 0.5) is 22.0 Å². The van der Waals surface area contributed by atoms with Gasteiger partial charge in [-0.2, -0.15) is 23.4 Å². The number of hydrogen-bond donors (Lipinski definition) is 2. The van der Waals surface area contributed by atoms with Gasteiger partial charge in [-0.15, -0.1) is 0 Å². The Hall–Kier alpha value is -3.02. The number of aliphatic hydroxyl groups is 2. The second-order valence-corrected chi connectivity index (χ2v) is 11.5. The van der Waals surface area contributed by atoms with Gasteiger partial charge in [0.05, 0.1) is 28.7 Å². The summed E-state index contributed by atoms with van der Waals surface area (Å²) in [4.78, 5) is 8.00. The first-order valence-corrected chi connectivity index (χ1v) is 14.2. The Labute approximate surface area is 260 Å². The Morgan fingerprint density at radius 2 is 1.86 bits per heavy atom. The Kier molecular flexibility index (Phi) is 8.87. The molecule has 5 rings (SSSR count). The molecule has 17 heteroatoms. The first kappa shape index (κ1) is 32.4. The zero-order valence-electron chi connectivity index (χ0n) is 23.4. The van der Waals surface area contributed by atoms with E-state index in [0.29, 0.717) is 0 Å². The van der Waals surface area contributed by atoms with Gasteiger partial charge in [-0.3, -0.25) is 4.68 Å². The van der Waals surface area contributed by atoms with E-state index in [1.54, 1.807) is 0 Å². The highest BCUT2D eigenvalue weighted by molar-refractivity contribution is 9.10. The number of methoxy groups -OCH3 is 1. The van der Waals surface area contributed by atoms with Crippen LogP contribution in [0.2, 0.25) is 5.02 Å². The minimum Gasteiger partial charge on any atom is -0.391 e. The van der Waals surface area contributed by atoms with Crippen molar-refractivity contribution in [3.05, 3.63) is 74.8 Å². The van der Waals surface area contributed by atoms with Gasteiger partial charge in [-0.05, 0) is 54.9 Å². The lowest BCUT2D eigenvalue weighted by molar-refractivity contribution is -0.230. The molecule has 0 spiro atoms. The third kappa shape index (κ3) is 5.74. The van der Waals surface area contributed by atoms with Crippen molar-refractivity contribution in [2.24, 2.45) is 0 Å². The molecule has 6 atom stereocenters. The lowest BCUT2D eigenvalue weighted by atomic mass is 9.89. The summed E-state index contributed by atoms with van der Waals surface area (Å²) in [6.45, 7) is 4.25. The van der Waals surface area contributed by atoms with Crippen LogP contribution in [0.5, 0.6) is 0 Å². The average molecular weight is 708 g/mol.